The molecule has 2 aromatic rings. The molecule has 106 valence electrons. The molecule has 0 aliphatic rings. The molecule has 1 N–H and O–H groups in total. The molecule has 2 rings (SSSR count). The zero-order valence-electron chi connectivity index (χ0n) is 12.0. The Balaban J connectivity index is 1.97. The SMILES string of the molecule is Cc1cccc(-c2nc(CNC(=O)CC(C)C)no2)c1. The topological polar surface area (TPSA) is 68.0 Å². The predicted molar refractivity (Wildman–Crippen MR) is 75.8 cm³/mol. The summed E-state index contributed by atoms with van der Waals surface area (Å²) in [7, 11) is 0. The van der Waals surface area contributed by atoms with Crippen LogP contribution < -0.4 is 5.32 Å². The molecular weight excluding hydrogens is 254 g/mol. The van der Waals surface area contributed by atoms with Crippen LogP contribution in [0, 0.1) is 12.8 Å². The Labute approximate surface area is 118 Å². The first-order valence-electron chi connectivity index (χ1n) is 6.71. The number of benzene rings is 1. The molecule has 1 amide bonds. The summed E-state index contributed by atoms with van der Waals surface area (Å²) in [5, 5.41) is 6.66. The second-order valence-electron chi connectivity index (χ2n) is 5.26. The van der Waals surface area contributed by atoms with Crippen molar-refractivity contribution < 1.29 is 9.32 Å². The van der Waals surface area contributed by atoms with Crippen molar-refractivity contribution in [3.8, 4) is 11.5 Å². The lowest BCUT2D eigenvalue weighted by Crippen LogP contribution is -2.24. The van der Waals surface area contributed by atoms with Gasteiger partial charge in [-0.15, -0.1) is 0 Å². The summed E-state index contributed by atoms with van der Waals surface area (Å²) >= 11 is 0. The molecule has 0 unspecified atom stereocenters. The van der Waals surface area contributed by atoms with E-state index in [2.05, 4.69) is 15.5 Å². The molecular formula is C15H19N3O2. The van der Waals surface area contributed by atoms with Crippen LogP contribution in [0.5, 0.6) is 0 Å². The van der Waals surface area contributed by atoms with E-state index in [0.717, 1.165) is 11.1 Å². The molecule has 1 heterocycles. The fraction of sp³-hybridized carbons (Fsp3) is 0.400. The van der Waals surface area contributed by atoms with Gasteiger partial charge < -0.3 is 9.84 Å². The van der Waals surface area contributed by atoms with E-state index in [1.165, 1.54) is 0 Å². The maximum Gasteiger partial charge on any atom is 0.257 e. The first-order valence-corrected chi connectivity index (χ1v) is 6.71. The van der Waals surface area contributed by atoms with Crippen LogP contribution in [0.25, 0.3) is 11.5 Å². The Morgan fingerprint density at radius 2 is 2.20 bits per heavy atom. The third-order valence-corrected chi connectivity index (χ3v) is 2.77. The number of carbonyl (C=O) groups is 1. The van der Waals surface area contributed by atoms with Gasteiger partial charge in [0.15, 0.2) is 5.82 Å². The summed E-state index contributed by atoms with van der Waals surface area (Å²) in [5.41, 5.74) is 2.02. The summed E-state index contributed by atoms with van der Waals surface area (Å²) in [4.78, 5) is 15.8. The summed E-state index contributed by atoms with van der Waals surface area (Å²) in [6.45, 7) is 6.31. The standard InChI is InChI=1S/C15H19N3O2/c1-10(2)7-14(19)16-9-13-17-15(20-18-13)12-6-4-5-11(3)8-12/h4-6,8,10H,7,9H2,1-3H3,(H,16,19). The Kier molecular flexibility index (Phi) is 4.50. The van der Waals surface area contributed by atoms with Crippen molar-refractivity contribution in [1.29, 1.82) is 0 Å². The predicted octanol–water partition coefficient (Wildman–Crippen LogP) is 2.71. The third kappa shape index (κ3) is 3.91. The van der Waals surface area contributed by atoms with Crippen molar-refractivity contribution in [3.05, 3.63) is 35.7 Å². The number of carbonyl (C=O) groups excluding carboxylic acids is 1. The first kappa shape index (κ1) is 14.2. The smallest absolute Gasteiger partial charge is 0.257 e. The molecule has 0 fully saturated rings. The van der Waals surface area contributed by atoms with Gasteiger partial charge in [0, 0.05) is 12.0 Å². The molecule has 0 radical (unpaired) electrons. The highest BCUT2D eigenvalue weighted by Gasteiger charge is 2.10. The number of hydrogen-bond acceptors (Lipinski definition) is 4. The van der Waals surface area contributed by atoms with Crippen LogP contribution >= 0.6 is 0 Å². The molecule has 0 bridgehead atoms. The monoisotopic (exact) mass is 273 g/mol. The van der Waals surface area contributed by atoms with Crippen LogP contribution in [0.2, 0.25) is 0 Å². The van der Waals surface area contributed by atoms with Crippen LogP contribution in [0.3, 0.4) is 0 Å². The Hall–Kier alpha value is -2.17. The molecule has 0 aliphatic carbocycles. The van der Waals surface area contributed by atoms with Crippen LogP contribution in [0.1, 0.15) is 31.7 Å². The molecule has 0 atom stereocenters. The van der Waals surface area contributed by atoms with Crippen molar-refractivity contribution in [2.75, 3.05) is 0 Å². The lowest BCUT2D eigenvalue weighted by Gasteiger charge is -2.04. The Morgan fingerprint density at radius 3 is 2.90 bits per heavy atom. The number of aryl methyl sites for hydroxylation is 1. The van der Waals surface area contributed by atoms with E-state index < -0.39 is 0 Å². The number of aromatic nitrogens is 2. The molecule has 5 heteroatoms. The van der Waals surface area contributed by atoms with Crippen molar-refractivity contribution >= 4 is 5.91 Å². The van der Waals surface area contributed by atoms with Gasteiger partial charge in [0.05, 0.1) is 6.54 Å². The number of nitrogens with one attached hydrogen (secondary N) is 1. The second kappa shape index (κ2) is 6.32. The van der Waals surface area contributed by atoms with Crippen molar-refractivity contribution in [1.82, 2.24) is 15.5 Å². The molecule has 20 heavy (non-hydrogen) atoms. The molecule has 1 aromatic heterocycles. The first-order chi connectivity index (χ1) is 9.54. The Morgan fingerprint density at radius 1 is 1.40 bits per heavy atom. The second-order valence-corrected chi connectivity index (χ2v) is 5.26. The van der Waals surface area contributed by atoms with Gasteiger partial charge in [-0.3, -0.25) is 4.79 Å². The molecule has 0 saturated heterocycles. The van der Waals surface area contributed by atoms with Gasteiger partial charge in [-0.2, -0.15) is 4.98 Å². The zero-order valence-corrected chi connectivity index (χ0v) is 12.0. The molecule has 5 nitrogen and oxygen atoms in total. The van der Waals surface area contributed by atoms with E-state index in [9.17, 15) is 4.79 Å². The van der Waals surface area contributed by atoms with Crippen LogP contribution in [-0.2, 0) is 11.3 Å². The number of nitrogens with zero attached hydrogens (tertiary/aromatic N) is 2. The number of rotatable bonds is 5. The fourth-order valence-corrected chi connectivity index (χ4v) is 1.84. The summed E-state index contributed by atoms with van der Waals surface area (Å²) in [5.74, 6) is 1.30. The lowest BCUT2D eigenvalue weighted by atomic mass is 10.1. The minimum atomic E-state index is 0.00176. The highest BCUT2D eigenvalue weighted by molar-refractivity contribution is 5.75. The highest BCUT2D eigenvalue weighted by atomic mass is 16.5. The molecule has 0 aliphatic heterocycles. The number of amides is 1. The van der Waals surface area contributed by atoms with E-state index in [1.54, 1.807) is 0 Å². The third-order valence-electron chi connectivity index (χ3n) is 2.77. The maximum atomic E-state index is 11.6. The van der Waals surface area contributed by atoms with Crippen LogP contribution in [0.15, 0.2) is 28.8 Å². The lowest BCUT2D eigenvalue weighted by molar-refractivity contribution is -0.122. The van der Waals surface area contributed by atoms with Gasteiger partial charge in [-0.1, -0.05) is 36.7 Å². The minimum Gasteiger partial charge on any atom is -0.349 e. The molecule has 1 aromatic carbocycles. The average Bonchev–Trinajstić information content (AvgIpc) is 2.84. The quantitative estimate of drug-likeness (QED) is 0.909. The minimum absolute atomic E-state index is 0.00176. The van der Waals surface area contributed by atoms with Crippen LogP contribution in [0.4, 0.5) is 0 Å². The summed E-state index contributed by atoms with van der Waals surface area (Å²) < 4.78 is 5.21. The van der Waals surface area contributed by atoms with E-state index in [1.807, 2.05) is 45.0 Å². The maximum absolute atomic E-state index is 11.6. The Bertz CT molecular complexity index is 590. The van der Waals surface area contributed by atoms with Gasteiger partial charge in [-0.05, 0) is 25.0 Å². The van der Waals surface area contributed by atoms with Gasteiger partial charge in [0.2, 0.25) is 5.91 Å². The molecule has 0 saturated carbocycles. The van der Waals surface area contributed by atoms with Crippen molar-refractivity contribution in [2.45, 2.75) is 33.7 Å². The van der Waals surface area contributed by atoms with Crippen LogP contribution in [-0.4, -0.2) is 16.0 Å². The van der Waals surface area contributed by atoms with E-state index >= 15 is 0 Å². The highest BCUT2D eigenvalue weighted by Crippen LogP contribution is 2.18. The van der Waals surface area contributed by atoms with Gasteiger partial charge in [-0.25, -0.2) is 0 Å². The average molecular weight is 273 g/mol. The van der Waals surface area contributed by atoms with Crippen molar-refractivity contribution in [3.63, 3.8) is 0 Å². The van der Waals surface area contributed by atoms with Gasteiger partial charge in [0.25, 0.3) is 5.89 Å². The summed E-state index contributed by atoms with van der Waals surface area (Å²) in [6.07, 6.45) is 0.503. The largest absolute Gasteiger partial charge is 0.349 e. The normalized spacial score (nSPS) is 10.8. The van der Waals surface area contributed by atoms with Gasteiger partial charge in [0.1, 0.15) is 0 Å². The van der Waals surface area contributed by atoms with Gasteiger partial charge >= 0.3 is 0 Å². The van der Waals surface area contributed by atoms with E-state index in [4.69, 9.17) is 4.52 Å². The molecule has 0 spiro atoms. The van der Waals surface area contributed by atoms with Crippen molar-refractivity contribution in [2.24, 2.45) is 5.92 Å². The van der Waals surface area contributed by atoms with E-state index in [0.29, 0.717) is 30.6 Å². The zero-order chi connectivity index (χ0) is 14.5. The fourth-order valence-electron chi connectivity index (χ4n) is 1.84. The summed E-state index contributed by atoms with van der Waals surface area (Å²) in [6, 6.07) is 7.85. The van der Waals surface area contributed by atoms with E-state index in [-0.39, 0.29) is 5.91 Å². The number of hydrogen-bond donors (Lipinski definition) is 1.